The predicted octanol–water partition coefficient (Wildman–Crippen LogP) is 3.25. The lowest BCUT2D eigenvalue weighted by molar-refractivity contribution is -0.135. The lowest BCUT2D eigenvalue weighted by Gasteiger charge is -2.37. The molecule has 1 fully saturated rings. The molecule has 0 radical (unpaired) electrons. The van der Waals surface area contributed by atoms with E-state index in [0.717, 1.165) is 6.42 Å². The van der Waals surface area contributed by atoms with Gasteiger partial charge in [-0.1, -0.05) is 23.2 Å². The number of aliphatic imine (C=N–C) groups is 1. The summed E-state index contributed by atoms with van der Waals surface area (Å²) in [5, 5.41) is 10.9. The summed E-state index contributed by atoms with van der Waals surface area (Å²) in [4.78, 5) is 18.2. The van der Waals surface area contributed by atoms with E-state index in [2.05, 4.69) is 4.99 Å². The van der Waals surface area contributed by atoms with Gasteiger partial charge in [-0.3, -0.25) is 9.79 Å². The van der Waals surface area contributed by atoms with Crippen LogP contribution in [0, 0.1) is 0 Å². The molecule has 1 aromatic rings. The summed E-state index contributed by atoms with van der Waals surface area (Å²) in [5.74, 6) is 0.306. The number of piperidine rings is 1. The summed E-state index contributed by atoms with van der Waals surface area (Å²) < 4.78 is 0. The van der Waals surface area contributed by atoms with Crippen molar-refractivity contribution < 1.29 is 9.90 Å². The average molecular weight is 327 g/mol. The van der Waals surface area contributed by atoms with Crippen LogP contribution >= 0.6 is 23.2 Å². The van der Waals surface area contributed by atoms with Gasteiger partial charge in [-0.2, -0.15) is 0 Å². The van der Waals surface area contributed by atoms with E-state index in [4.69, 9.17) is 23.2 Å². The summed E-state index contributed by atoms with van der Waals surface area (Å²) in [6, 6.07) is 3.28. The largest absolute Gasteiger partial charge is 0.508 e. The lowest BCUT2D eigenvalue weighted by Crippen LogP contribution is -2.46. The maximum absolute atomic E-state index is 12.1. The second-order valence-corrected chi connectivity index (χ2v) is 6.30. The molecule has 0 aliphatic carbocycles. The van der Waals surface area contributed by atoms with Gasteiger partial charge >= 0.3 is 0 Å². The Hall–Kier alpha value is -1.26. The molecule has 1 saturated heterocycles. The number of nitrogens with zero attached hydrogens (tertiary/aromatic N) is 2. The van der Waals surface area contributed by atoms with Gasteiger partial charge in [-0.15, -0.1) is 0 Å². The molecule has 1 aromatic carbocycles. The summed E-state index contributed by atoms with van der Waals surface area (Å²) in [6.07, 6.45) is 3.80. The highest BCUT2D eigenvalue weighted by Gasteiger charge is 2.34. The summed E-state index contributed by atoms with van der Waals surface area (Å²) in [7, 11) is 0. The molecule has 21 heavy (non-hydrogen) atoms. The van der Waals surface area contributed by atoms with E-state index in [1.165, 1.54) is 0 Å². The number of aromatic hydroxyl groups is 1. The Labute approximate surface area is 133 Å². The number of carbonyl (C=O) groups excluding carboxylic acids is 1. The maximum atomic E-state index is 12.1. The first-order chi connectivity index (χ1) is 10.1. The molecule has 1 amide bonds. The number of benzene rings is 1. The fourth-order valence-corrected chi connectivity index (χ4v) is 3.58. The molecule has 6 heteroatoms. The van der Waals surface area contributed by atoms with Crippen LogP contribution in [0.4, 0.5) is 0 Å². The molecule has 2 aliphatic heterocycles. The number of halogens is 2. The van der Waals surface area contributed by atoms with Crippen LogP contribution in [0.1, 0.15) is 30.7 Å². The van der Waals surface area contributed by atoms with Gasteiger partial charge < -0.3 is 10.0 Å². The first-order valence-corrected chi connectivity index (χ1v) is 7.78. The van der Waals surface area contributed by atoms with Crippen LogP contribution in [0.15, 0.2) is 17.1 Å². The zero-order valence-electron chi connectivity index (χ0n) is 11.4. The van der Waals surface area contributed by atoms with Crippen molar-refractivity contribution in [2.75, 3.05) is 13.1 Å². The third-order valence-corrected chi connectivity index (χ3v) is 5.04. The molecule has 3 rings (SSSR count). The molecule has 0 saturated carbocycles. The number of hydrogen-bond donors (Lipinski definition) is 1. The number of phenols is 1. The van der Waals surface area contributed by atoms with E-state index in [1.54, 1.807) is 12.1 Å². The molecule has 4 nitrogen and oxygen atoms in total. The molecular formula is C15H16Cl2N2O2. The van der Waals surface area contributed by atoms with Crippen molar-refractivity contribution in [3.63, 3.8) is 0 Å². The van der Waals surface area contributed by atoms with Crippen LogP contribution in [-0.4, -0.2) is 41.3 Å². The van der Waals surface area contributed by atoms with Gasteiger partial charge in [0.1, 0.15) is 5.75 Å². The van der Waals surface area contributed by atoms with E-state index in [9.17, 15) is 9.90 Å². The highest BCUT2D eigenvalue weighted by atomic mass is 35.5. The molecule has 0 aromatic heterocycles. The van der Waals surface area contributed by atoms with Crippen molar-refractivity contribution in [3.05, 3.63) is 27.7 Å². The van der Waals surface area contributed by atoms with E-state index in [-0.39, 0.29) is 23.6 Å². The van der Waals surface area contributed by atoms with Gasteiger partial charge in [0.2, 0.25) is 5.91 Å². The van der Waals surface area contributed by atoms with Crippen LogP contribution in [-0.2, 0) is 4.79 Å². The SMILES string of the molecule is O=C1CC[C@@H](c2c(O)ccc(Cl)c2Cl)CN1[C@H]1CC=NC1. The van der Waals surface area contributed by atoms with E-state index in [0.29, 0.717) is 41.5 Å². The summed E-state index contributed by atoms with van der Waals surface area (Å²) in [6.45, 7) is 1.22. The maximum Gasteiger partial charge on any atom is 0.222 e. The zero-order chi connectivity index (χ0) is 15.0. The topological polar surface area (TPSA) is 52.9 Å². The molecule has 2 aliphatic rings. The second-order valence-electron chi connectivity index (χ2n) is 5.51. The Balaban J connectivity index is 1.86. The Morgan fingerprint density at radius 1 is 1.33 bits per heavy atom. The standard InChI is InChI=1S/C15H16Cl2N2O2/c16-11-2-3-12(20)14(15(11)17)9-1-4-13(21)19(8-9)10-5-6-18-7-10/h2-3,6,9-10,20H,1,4-5,7-8H2/t9-,10+/m1/s1. The average Bonchev–Trinajstić information content (AvgIpc) is 2.99. The van der Waals surface area contributed by atoms with E-state index in [1.807, 2.05) is 11.1 Å². The number of likely N-dealkylation sites (tertiary alicyclic amines) is 1. The summed E-state index contributed by atoms with van der Waals surface area (Å²) in [5.41, 5.74) is 0.653. The minimum Gasteiger partial charge on any atom is -0.508 e. The first-order valence-electron chi connectivity index (χ1n) is 7.02. The third kappa shape index (κ3) is 2.74. The summed E-state index contributed by atoms with van der Waals surface area (Å²) >= 11 is 12.3. The van der Waals surface area contributed by atoms with Crippen molar-refractivity contribution in [1.82, 2.24) is 4.90 Å². The third-order valence-electron chi connectivity index (χ3n) is 4.23. The lowest BCUT2D eigenvalue weighted by atomic mass is 9.88. The normalized spacial score (nSPS) is 25.6. The molecule has 0 bridgehead atoms. The Morgan fingerprint density at radius 2 is 2.14 bits per heavy atom. The van der Waals surface area contributed by atoms with Crippen molar-refractivity contribution in [2.24, 2.45) is 4.99 Å². The highest BCUT2D eigenvalue weighted by Crippen LogP contribution is 2.41. The number of hydrogen-bond acceptors (Lipinski definition) is 3. The highest BCUT2D eigenvalue weighted by molar-refractivity contribution is 6.42. The van der Waals surface area contributed by atoms with Crippen LogP contribution < -0.4 is 0 Å². The van der Waals surface area contributed by atoms with Crippen LogP contribution in [0.5, 0.6) is 5.75 Å². The molecule has 0 unspecified atom stereocenters. The fourth-order valence-electron chi connectivity index (χ4n) is 3.10. The molecule has 112 valence electrons. The molecule has 0 spiro atoms. The van der Waals surface area contributed by atoms with Crippen molar-refractivity contribution in [1.29, 1.82) is 0 Å². The van der Waals surface area contributed by atoms with Gasteiger partial charge in [0.05, 0.1) is 22.6 Å². The molecule has 2 atom stereocenters. The zero-order valence-corrected chi connectivity index (χ0v) is 12.9. The quantitative estimate of drug-likeness (QED) is 0.906. The molecule has 2 heterocycles. The van der Waals surface area contributed by atoms with Crippen LogP contribution in [0.2, 0.25) is 10.0 Å². The minimum absolute atomic E-state index is 0.00880. The number of phenolic OH excluding ortho intramolecular Hbond substituents is 1. The van der Waals surface area contributed by atoms with Crippen molar-refractivity contribution in [2.45, 2.75) is 31.2 Å². The van der Waals surface area contributed by atoms with Crippen molar-refractivity contribution >= 4 is 35.3 Å². The predicted molar refractivity (Wildman–Crippen MR) is 83.6 cm³/mol. The number of rotatable bonds is 2. The Bertz CT molecular complexity index is 596. The van der Waals surface area contributed by atoms with Gasteiger partial charge in [0.15, 0.2) is 0 Å². The molecular weight excluding hydrogens is 311 g/mol. The van der Waals surface area contributed by atoms with E-state index < -0.39 is 0 Å². The first kappa shape index (κ1) is 14.7. The van der Waals surface area contributed by atoms with Gasteiger partial charge in [-0.05, 0) is 18.6 Å². The van der Waals surface area contributed by atoms with Crippen LogP contribution in [0.3, 0.4) is 0 Å². The Morgan fingerprint density at radius 3 is 2.86 bits per heavy atom. The smallest absolute Gasteiger partial charge is 0.222 e. The second kappa shape index (κ2) is 5.85. The number of carbonyl (C=O) groups is 1. The Kier molecular flexibility index (Phi) is 4.09. The fraction of sp³-hybridized carbons (Fsp3) is 0.467. The van der Waals surface area contributed by atoms with Gasteiger partial charge in [0, 0.05) is 37.1 Å². The monoisotopic (exact) mass is 326 g/mol. The number of amides is 1. The minimum atomic E-state index is 0.00880. The van der Waals surface area contributed by atoms with E-state index >= 15 is 0 Å². The van der Waals surface area contributed by atoms with Gasteiger partial charge in [0.25, 0.3) is 0 Å². The van der Waals surface area contributed by atoms with Gasteiger partial charge in [-0.25, -0.2) is 0 Å². The van der Waals surface area contributed by atoms with Crippen LogP contribution in [0.25, 0.3) is 0 Å². The van der Waals surface area contributed by atoms with Crippen molar-refractivity contribution in [3.8, 4) is 5.75 Å². The molecule has 1 N–H and O–H groups in total.